The van der Waals surface area contributed by atoms with E-state index in [0.29, 0.717) is 18.7 Å². The van der Waals surface area contributed by atoms with E-state index < -0.39 is 0 Å². The number of hydrogen-bond acceptors (Lipinski definition) is 6. The zero-order valence-electron chi connectivity index (χ0n) is 14.6. The second-order valence-electron chi connectivity index (χ2n) is 6.94. The first kappa shape index (κ1) is 16.5. The standard InChI is InChI=1S/C20H19N3O3S/c24-15-5-7-23(11-15)20-22-16-10-14(2-4-18(16)27-20)21-19(25)13-1-3-17-12(9-13)6-8-26-17/h1-4,9-10,15,24H,5-8,11H2,(H,21,25)/t15-/m0/s1. The smallest absolute Gasteiger partial charge is 0.255 e. The normalized spacial score (nSPS) is 18.6. The molecule has 0 aliphatic carbocycles. The van der Waals surface area contributed by atoms with Crippen molar-refractivity contribution in [1.29, 1.82) is 0 Å². The van der Waals surface area contributed by atoms with Gasteiger partial charge in [0.25, 0.3) is 5.91 Å². The van der Waals surface area contributed by atoms with Gasteiger partial charge < -0.3 is 20.1 Å². The van der Waals surface area contributed by atoms with Crippen LogP contribution in [0.3, 0.4) is 0 Å². The highest BCUT2D eigenvalue weighted by Gasteiger charge is 2.23. The Morgan fingerprint density at radius 2 is 2.22 bits per heavy atom. The Balaban J connectivity index is 1.36. The fourth-order valence-corrected chi connectivity index (χ4v) is 4.56. The van der Waals surface area contributed by atoms with Crippen LogP contribution in [0.15, 0.2) is 36.4 Å². The minimum atomic E-state index is -0.274. The summed E-state index contributed by atoms with van der Waals surface area (Å²) in [6.45, 7) is 2.13. The fraction of sp³-hybridized carbons (Fsp3) is 0.300. The van der Waals surface area contributed by atoms with Crippen LogP contribution in [0.4, 0.5) is 10.8 Å². The molecular formula is C20H19N3O3S. The van der Waals surface area contributed by atoms with Crippen LogP contribution in [-0.4, -0.2) is 41.8 Å². The number of amides is 1. The molecule has 3 heterocycles. The molecule has 6 nitrogen and oxygen atoms in total. The van der Waals surface area contributed by atoms with Crippen molar-refractivity contribution in [3.05, 3.63) is 47.5 Å². The van der Waals surface area contributed by atoms with Gasteiger partial charge in [0.2, 0.25) is 0 Å². The number of carbonyl (C=O) groups excluding carboxylic acids is 1. The first-order valence-electron chi connectivity index (χ1n) is 9.06. The number of carbonyl (C=O) groups is 1. The van der Waals surface area contributed by atoms with Crippen LogP contribution >= 0.6 is 11.3 Å². The molecule has 138 valence electrons. The Morgan fingerprint density at radius 1 is 1.30 bits per heavy atom. The van der Waals surface area contributed by atoms with E-state index >= 15 is 0 Å². The maximum atomic E-state index is 12.6. The molecule has 2 aliphatic rings. The van der Waals surface area contributed by atoms with Crippen molar-refractivity contribution in [3.63, 3.8) is 0 Å². The fourth-order valence-electron chi connectivity index (χ4n) is 3.57. The van der Waals surface area contributed by atoms with E-state index in [9.17, 15) is 9.90 Å². The largest absolute Gasteiger partial charge is 0.493 e. The maximum Gasteiger partial charge on any atom is 0.255 e. The van der Waals surface area contributed by atoms with Crippen molar-refractivity contribution in [2.45, 2.75) is 18.9 Å². The molecule has 3 aromatic rings. The number of nitrogens with zero attached hydrogens (tertiary/aromatic N) is 2. The molecule has 1 atom stereocenters. The summed E-state index contributed by atoms with van der Waals surface area (Å²) in [5.74, 6) is 0.733. The Labute approximate surface area is 160 Å². The number of aliphatic hydroxyl groups is 1. The van der Waals surface area contributed by atoms with Gasteiger partial charge in [0, 0.05) is 30.8 Å². The van der Waals surface area contributed by atoms with Gasteiger partial charge in [-0.3, -0.25) is 4.79 Å². The molecule has 0 saturated carbocycles. The van der Waals surface area contributed by atoms with Gasteiger partial charge in [-0.1, -0.05) is 11.3 Å². The van der Waals surface area contributed by atoms with E-state index in [2.05, 4.69) is 15.2 Å². The van der Waals surface area contributed by atoms with E-state index in [1.807, 2.05) is 30.3 Å². The highest BCUT2D eigenvalue weighted by Crippen LogP contribution is 2.32. The van der Waals surface area contributed by atoms with Gasteiger partial charge in [-0.05, 0) is 48.4 Å². The third-order valence-corrected chi connectivity index (χ3v) is 6.12. The third-order valence-electron chi connectivity index (χ3n) is 5.02. The highest BCUT2D eigenvalue weighted by atomic mass is 32.1. The summed E-state index contributed by atoms with van der Waals surface area (Å²) in [5.41, 5.74) is 3.29. The van der Waals surface area contributed by atoms with Crippen molar-refractivity contribution in [2.24, 2.45) is 0 Å². The number of benzene rings is 2. The molecule has 0 unspecified atom stereocenters. The van der Waals surface area contributed by atoms with E-state index in [0.717, 1.165) is 51.7 Å². The number of aliphatic hydroxyl groups excluding tert-OH is 1. The number of nitrogens with one attached hydrogen (secondary N) is 1. The van der Waals surface area contributed by atoms with Gasteiger partial charge in [-0.2, -0.15) is 0 Å². The summed E-state index contributed by atoms with van der Waals surface area (Å²) in [6.07, 6.45) is 1.35. The summed E-state index contributed by atoms with van der Waals surface area (Å²) < 4.78 is 6.56. The monoisotopic (exact) mass is 381 g/mol. The summed E-state index contributed by atoms with van der Waals surface area (Å²) in [6, 6.07) is 11.3. The molecule has 27 heavy (non-hydrogen) atoms. The van der Waals surface area contributed by atoms with Crippen molar-refractivity contribution < 1.29 is 14.6 Å². The van der Waals surface area contributed by atoms with Gasteiger partial charge in [-0.25, -0.2) is 4.98 Å². The van der Waals surface area contributed by atoms with Gasteiger partial charge in [0.1, 0.15) is 5.75 Å². The Morgan fingerprint density at radius 3 is 3.07 bits per heavy atom. The molecule has 0 spiro atoms. The molecule has 7 heteroatoms. The van der Waals surface area contributed by atoms with Crippen molar-refractivity contribution >= 4 is 38.3 Å². The molecule has 2 aromatic carbocycles. The Kier molecular flexibility index (Phi) is 3.98. The van der Waals surface area contributed by atoms with Gasteiger partial charge in [0.15, 0.2) is 5.13 Å². The summed E-state index contributed by atoms with van der Waals surface area (Å²) in [4.78, 5) is 19.4. The van der Waals surface area contributed by atoms with Crippen molar-refractivity contribution in [1.82, 2.24) is 4.98 Å². The number of anilines is 2. The lowest BCUT2D eigenvalue weighted by molar-refractivity contribution is 0.102. The van der Waals surface area contributed by atoms with E-state index in [4.69, 9.17) is 4.74 Å². The average Bonchev–Trinajstić information content (AvgIpc) is 3.39. The lowest BCUT2D eigenvalue weighted by Crippen LogP contribution is -2.20. The molecule has 5 rings (SSSR count). The summed E-state index contributed by atoms with van der Waals surface area (Å²) in [5, 5.41) is 13.6. The second kappa shape index (κ2) is 6.51. The molecule has 1 saturated heterocycles. The molecule has 1 amide bonds. The van der Waals surface area contributed by atoms with Crippen LogP contribution in [0.2, 0.25) is 0 Å². The van der Waals surface area contributed by atoms with E-state index in [-0.39, 0.29) is 12.0 Å². The van der Waals surface area contributed by atoms with Crippen molar-refractivity contribution in [3.8, 4) is 5.75 Å². The average molecular weight is 381 g/mol. The lowest BCUT2D eigenvalue weighted by atomic mass is 10.1. The topological polar surface area (TPSA) is 74.7 Å². The summed E-state index contributed by atoms with van der Waals surface area (Å²) >= 11 is 1.61. The maximum absolute atomic E-state index is 12.6. The van der Waals surface area contributed by atoms with Gasteiger partial charge in [0.05, 0.1) is 22.9 Å². The number of rotatable bonds is 3. The molecule has 1 fully saturated rings. The zero-order chi connectivity index (χ0) is 18.4. The van der Waals surface area contributed by atoms with Crippen LogP contribution in [0.1, 0.15) is 22.3 Å². The van der Waals surface area contributed by atoms with Gasteiger partial charge in [-0.15, -0.1) is 0 Å². The van der Waals surface area contributed by atoms with Crippen LogP contribution < -0.4 is 15.0 Å². The van der Waals surface area contributed by atoms with Gasteiger partial charge >= 0.3 is 0 Å². The van der Waals surface area contributed by atoms with E-state index in [1.54, 1.807) is 17.4 Å². The summed E-state index contributed by atoms with van der Waals surface area (Å²) in [7, 11) is 0. The minimum absolute atomic E-state index is 0.137. The Bertz CT molecular complexity index is 1030. The first-order chi connectivity index (χ1) is 13.2. The first-order valence-corrected chi connectivity index (χ1v) is 9.88. The number of β-amino-alcohol motifs (C(OH)–C–C–N with tert-alkyl or cyclic N) is 1. The molecule has 1 aromatic heterocycles. The Hall–Kier alpha value is -2.64. The lowest BCUT2D eigenvalue weighted by Gasteiger charge is -2.12. The molecule has 0 bridgehead atoms. The van der Waals surface area contributed by atoms with E-state index in [1.165, 1.54) is 0 Å². The van der Waals surface area contributed by atoms with Crippen LogP contribution in [0.25, 0.3) is 10.2 Å². The number of fused-ring (bicyclic) bond motifs is 2. The van der Waals surface area contributed by atoms with Crippen LogP contribution in [0.5, 0.6) is 5.75 Å². The molecule has 2 aliphatic heterocycles. The number of aromatic nitrogens is 1. The predicted molar refractivity (Wildman–Crippen MR) is 106 cm³/mol. The minimum Gasteiger partial charge on any atom is -0.493 e. The second-order valence-corrected chi connectivity index (χ2v) is 7.95. The predicted octanol–water partition coefficient (Wildman–Crippen LogP) is 3.05. The number of hydrogen-bond donors (Lipinski definition) is 2. The molecule has 0 radical (unpaired) electrons. The van der Waals surface area contributed by atoms with Crippen LogP contribution in [-0.2, 0) is 6.42 Å². The number of thiazole rings is 1. The third kappa shape index (κ3) is 3.13. The van der Waals surface area contributed by atoms with Crippen molar-refractivity contribution in [2.75, 3.05) is 29.9 Å². The highest BCUT2D eigenvalue weighted by molar-refractivity contribution is 7.22. The van der Waals surface area contributed by atoms with Crippen LogP contribution in [0, 0.1) is 0 Å². The quantitative estimate of drug-likeness (QED) is 0.729. The number of ether oxygens (including phenoxy) is 1. The SMILES string of the molecule is O=C(Nc1ccc2sc(N3CC[C@H](O)C3)nc2c1)c1ccc2c(c1)CCO2. The molecular weight excluding hydrogens is 362 g/mol. The zero-order valence-corrected chi connectivity index (χ0v) is 15.5. The molecule has 2 N–H and O–H groups in total.